The summed E-state index contributed by atoms with van der Waals surface area (Å²) in [6.45, 7) is 0.449. The van der Waals surface area contributed by atoms with Crippen LogP contribution in [0.3, 0.4) is 0 Å². The predicted octanol–water partition coefficient (Wildman–Crippen LogP) is 4.68. The van der Waals surface area contributed by atoms with E-state index in [1.807, 2.05) is 42.7 Å². The number of fused-ring (bicyclic) bond motifs is 3. The van der Waals surface area contributed by atoms with Gasteiger partial charge in [-0.15, -0.1) is 0 Å². The van der Waals surface area contributed by atoms with E-state index >= 15 is 0 Å². The minimum Gasteiger partial charge on any atom is -0.409 e. The maximum atomic E-state index is 9.57. The molecule has 3 aromatic heterocycles. The van der Waals surface area contributed by atoms with E-state index in [1.165, 1.54) is 0 Å². The molecule has 0 unspecified atom stereocenters. The van der Waals surface area contributed by atoms with Gasteiger partial charge < -0.3 is 20.1 Å². The van der Waals surface area contributed by atoms with Gasteiger partial charge in [0.1, 0.15) is 22.8 Å². The highest BCUT2D eigenvalue weighted by Gasteiger charge is 2.27. The number of amidine groups is 1. The van der Waals surface area contributed by atoms with Crippen molar-refractivity contribution < 1.29 is 5.21 Å². The van der Waals surface area contributed by atoms with Gasteiger partial charge in [0.05, 0.1) is 24.3 Å². The van der Waals surface area contributed by atoms with Crippen LogP contribution in [0.25, 0.3) is 22.1 Å². The van der Waals surface area contributed by atoms with Crippen molar-refractivity contribution in [2.24, 2.45) is 11.1 Å². The van der Waals surface area contributed by atoms with Crippen LogP contribution >= 0.6 is 0 Å². The molecule has 4 aromatic rings. The van der Waals surface area contributed by atoms with Gasteiger partial charge in [-0.1, -0.05) is 35.5 Å². The summed E-state index contributed by atoms with van der Waals surface area (Å²) in [6, 6.07) is 14.6. The first-order valence-electron chi connectivity index (χ1n) is 11.5. The van der Waals surface area contributed by atoms with Gasteiger partial charge in [-0.3, -0.25) is 0 Å². The van der Waals surface area contributed by atoms with Gasteiger partial charge in [-0.2, -0.15) is 5.26 Å². The zero-order valence-corrected chi connectivity index (χ0v) is 18.4. The van der Waals surface area contributed by atoms with E-state index in [0.717, 1.165) is 59.1 Å². The highest BCUT2D eigenvalue weighted by Crippen LogP contribution is 2.37. The first kappa shape index (κ1) is 21.0. The van der Waals surface area contributed by atoms with Gasteiger partial charge in [0, 0.05) is 30.5 Å². The highest BCUT2D eigenvalue weighted by molar-refractivity contribution is 6.01. The molecular formula is C25H27N7O. The normalized spacial score (nSPS) is 19.1. The number of aromatic nitrogens is 4. The van der Waals surface area contributed by atoms with E-state index in [1.54, 1.807) is 0 Å². The summed E-state index contributed by atoms with van der Waals surface area (Å²) in [6.07, 6.45) is 9.00. The van der Waals surface area contributed by atoms with Gasteiger partial charge in [0.15, 0.2) is 0 Å². The lowest BCUT2D eigenvalue weighted by atomic mass is 9.84. The van der Waals surface area contributed by atoms with Crippen LogP contribution < -0.4 is 5.32 Å². The van der Waals surface area contributed by atoms with E-state index in [-0.39, 0.29) is 0 Å². The smallest absolute Gasteiger partial charge is 0.146 e. The van der Waals surface area contributed by atoms with Crippen LogP contribution in [-0.2, 0) is 13.0 Å². The fourth-order valence-electron chi connectivity index (χ4n) is 5.00. The SMILES string of the molecule is N#CC[C@H]1CC[C@@H](n2c(CN/C(Cc3ccccc3)=N\O)nc3cnc4[nH]ccc4c32)CC1. The molecule has 5 rings (SSSR count). The topological polar surface area (TPSA) is 115 Å². The Hall–Kier alpha value is -3.86. The van der Waals surface area contributed by atoms with Gasteiger partial charge in [-0.05, 0) is 43.2 Å². The summed E-state index contributed by atoms with van der Waals surface area (Å²) in [4.78, 5) is 12.6. The van der Waals surface area contributed by atoms with E-state index in [2.05, 4.69) is 37.1 Å². The van der Waals surface area contributed by atoms with E-state index in [4.69, 9.17) is 10.2 Å². The average Bonchev–Trinajstić information content (AvgIpc) is 3.47. The molecule has 3 heterocycles. The third kappa shape index (κ3) is 4.27. The summed E-state index contributed by atoms with van der Waals surface area (Å²) in [7, 11) is 0. The summed E-state index contributed by atoms with van der Waals surface area (Å²) in [5, 5.41) is 26.5. The van der Waals surface area contributed by atoms with Gasteiger partial charge in [0.25, 0.3) is 0 Å². The minimum atomic E-state index is 0.311. The molecule has 1 fully saturated rings. The largest absolute Gasteiger partial charge is 0.409 e. The molecule has 1 aliphatic carbocycles. The van der Waals surface area contributed by atoms with Crippen molar-refractivity contribution in [2.45, 2.75) is 51.1 Å². The van der Waals surface area contributed by atoms with Crippen molar-refractivity contribution in [3.63, 3.8) is 0 Å². The zero-order chi connectivity index (χ0) is 22.6. The third-order valence-electron chi connectivity index (χ3n) is 6.65. The molecule has 0 aliphatic heterocycles. The number of nitrogens with zero attached hydrogens (tertiary/aromatic N) is 5. The van der Waals surface area contributed by atoms with Crippen molar-refractivity contribution in [1.82, 2.24) is 24.8 Å². The Bertz CT molecular complexity index is 1310. The summed E-state index contributed by atoms with van der Waals surface area (Å²) in [5.74, 6) is 1.89. The molecule has 8 nitrogen and oxygen atoms in total. The highest BCUT2D eigenvalue weighted by atomic mass is 16.4. The van der Waals surface area contributed by atoms with Crippen LogP contribution in [0.5, 0.6) is 0 Å². The number of nitrogens with one attached hydrogen (secondary N) is 2. The molecule has 1 saturated carbocycles. The lowest BCUT2D eigenvalue weighted by molar-refractivity contribution is 0.277. The number of aromatic amines is 1. The number of oxime groups is 1. The fourth-order valence-corrected chi connectivity index (χ4v) is 5.00. The number of nitriles is 1. The first-order chi connectivity index (χ1) is 16.3. The number of imidazole rings is 1. The van der Waals surface area contributed by atoms with E-state index in [0.29, 0.717) is 37.2 Å². The Morgan fingerprint density at radius 2 is 2.03 bits per heavy atom. The van der Waals surface area contributed by atoms with Gasteiger partial charge in [0.2, 0.25) is 0 Å². The molecule has 0 spiro atoms. The van der Waals surface area contributed by atoms with Crippen molar-refractivity contribution >= 4 is 27.9 Å². The molecule has 0 atom stereocenters. The van der Waals surface area contributed by atoms with Gasteiger partial charge >= 0.3 is 0 Å². The van der Waals surface area contributed by atoms with Crippen molar-refractivity contribution in [1.29, 1.82) is 5.26 Å². The van der Waals surface area contributed by atoms with Gasteiger partial charge in [-0.25, -0.2) is 9.97 Å². The number of rotatable bonds is 6. The Labute approximate surface area is 192 Å². The first-order valence-corrected chi connectivity index (χ1v) is 11.5. The zero-order valence-electron chi connectivity index (χ0n) is 18.4. The maximum Gasteiger partial charge on any atom is 0.146 e. The molecule has 0 bridgehead atoms. The molecule has 0 radical (unpaired) electrons. The Balaban J connectivity index is 1.45. The molecular weight excluding hydrogens is 414 g/mol. The minimum absolute atomic E-state index is 0.311. The quantitative estimate of drug-likeness (QED) is 0.174. The second-order valence-corrected chi connectivity index (χ2v) is 8.73. The lowest BCUT2D eigenvalue weighted by Crippen LogP contribution is -2.28. The molecule has 1 aliphatic rings. The monoisotopic (exact) mass is 441 g/mol. The predicted molar refractivity (Wildman–Crippen MR) is 127 cm³/mol. The molecule has 3 N–H and O–H groups in total. The number of hydrogen-bond acceptors (Lipinski definition) is 5. The number of hydrogen-bond donors (Lipinski definition) is 3. The van der Waals surface area contributed by atoms with Crippen molar-refractivity contribution in [3.05, 3.63) is 60.2 Å². The van der Waals surface area contributed by atoms with E-state index < -0.39 is 0 Å². The van der Waals surface area contributed by atoms with Crippen LogP contribution in [-0.4, -0.2) is 30.6 Å². The summed E-state index contributed by atoms with van der Waals surface area (Å²) >= 11 is 0. The lowest BCUT2D eigenvalue weighted by Gasteiger charge is -2.30. The molecule has 8 heteroatoms. The second-order valence-electron chi connectivity index (χ2n) is 8.73. The van der Waals surface area contributed by atoms with Crippen molar-refractivity contribution in [3.8, 4) is 6.07 Å². The van der Waals surface area contributed by atoms with Crippen LogP contribution in [0.1, 0.15) is 49.5 Å². The number of H-pyrrole nitrogens is 1. The van der Waals surface area contributed by atoms with Crippen LogP contribution in [0.15, 0.2) is 53.9 Å². The molecule has 0 saturated heterocycles. The second kappa shape index (κ2) is 9.33. The number of pyridine rings is 1. The average molecular weight is 442 g/mol. The summed E-state index contributed by atoms with van der Waals surface area (Å²) < 4.78 is 2.35. The Kier molecular flexibility index (Phi) is 5.94. The van der Waals surface area contributed by atoms with Crippen LogP contribution in [0.4, 0.5) is 0 Å². The maximum absolute atomic E-state index is 9.57. The van der Waals surface area contributed by atoms with Crippen LogP contribution in [0, 0.1) is 17.2 Å². The third-order valence-corrected chi connectivity index (χ3v) is 6.65. The van der Waals surface area contributed by atoms with Crippen molar-refractivity contribution in [2.75, 3.05) is 0 Å². The molecule has 0 amide bonds. The molecule has 168 valence electrons. The fraction of sp³-hybridized carbons (Fsp3) is 0.360. The molecule has 1 aromatic carbocycles. The molecule has 33 heavy (non-hydrogen) atoms. The number of benzene rings is 1. The Morgan fingerprint density at radius 3 is 2.79 bits per heavy atom. The van der Waals surface area contributed by atoms with Crippen LogP contribution in [0.2, 0.25) is 0 Å². The standard InChI is InChI=1S/C25H27N7O/c26-12-10-17-6-8-19(9-7-17)32-23(16-28-22(31-33)14-18-4-2-1-3-5-18)30-21-15-29-25-20(24(21)32)11-13-27-25/h1-5,11,13,15,17,19,33H,6-10,14,16H2,(H,27,29)(H,28,31)/t17-,19+. The Morgan fingerprint density at radius 1 is 1.21 bits per heavy atom. The summed E-state index contributed by atoms with van der Waals surface area (Å²) in [5.41, 5.74) is 3.87. The van der Waals surface area contributed by atoms with E-state index in [9.17, 15) is 5.21 Å².